The van der Waals surface area contributed by atoms with Crippen molar-refractivity contribution < 1.29 is 0 Å². The summed E-state index contributed by atoms with van der Waals surface area (Å²) in [6.07, 6.45) is 12.4. The van der Waals surface area contributed by atoms with Crippen LogP contribution in [0.25, 0.3) is 0 Å². The highest BCUT2D eigenvalue weighted by Crippen LogP contribution is 2.39. The van der Waals surface area contributed by atoms with Crippen molar-refractivity contribution in [2.45, 2.75) is 90.1 Å². The molecule has 1 saturated heterocycles. The maximum absolute atomic E-state index is 6.33. The van der Waals surface area contributed by atoms with Gasteiger partial charge in [-0.25, -0.2) is 0 Å². The van der Waals surface area contributed by atoms with E-state index in [4.69, 9.17) is 5.73 Å². The third kappa shape index (κ3) is 3.57. The summed E-state index contributed by atoms with van der Waals surface area (Å²) in [5, 5.41) is 0. The molecule has 0 spiro atoms. The zero-order valence-corrected chi connectivity index (χ0v) is 14.0. The topological polar surface area (TPSA) is 29.3 Å². The van der Waals surface area contributed by atoms with Gasteiger partial charge < -0.3 is 5.73 Å². The average Bonchev–Trinajstić information content (AvgIpc) is 2.77. The van der Waals surface area contributed by atoms with E-state index in [9.17, 15) is 0 Å². The number of rotatable bonds is 3. The molecule has 2 aliphatic rings. The predicted octanol–water partition coefficient (Wildman–Crippen LogP) is 4.18. The van der Waals surface area contributed by atoms with Crippen molar-refractivity contribution in [3.63, 3.8) is 0 Å². The number of nitrogens with two attached hydrogens (primary N) is 1. The lowest BCUT2D eigenvalue weighted by Gasteiger charge is -2.46. The Kier molecular flexibility index (Phi) is 5.92. The molecule has 20 heavy (non-hydrogen) atoms. The maximum atomic E-state index is 6.33. The van der Waals surface area contributed by atoms with E-state index in [0.717, 1.165) is 24.4 Å². The molecule has 3 atom stereocenters. The van der Waals surface area contributed by atoms with Crippen LogP contribution in [0.4, 0.5) is 0 Å². The summed E-state index contributed by atoms with van der Waals surface area (Å²) in [4.78, 5) is 2.82. The summed E-state index contributed by atoms with van der Waals surface area (Å²) in [6, 6.07) is 0.733. The minimum atomic E-state index is 0.313. The Morgan fingerprint density at radius 1 is 1.05 bits per heavy atom. The molecule has 2 rings (SSSR count). The largest absolute Gasteiger partial charge is 0.329 e. The molecule has 2 fully saturated rings. The van der Waals surface area contributed by atoms with E-state index in [1.54, 1.807) is 0 Å². The Morgan fingerprint density at radius 3 is 2.55 bits per heavy atom. The predicted molar refractivity (Wildman–Crippen MR) is 87.8 cm³/mol. The number of nitrogens with zero attached hydrogens (tertiary/aromatic N) is 1. The van der Waals surface area contributed by atoms with Crippen LogP contribution < -0.4 is 5.73 Å². The second-order valence-electron chi connectivity index (χ2n) is 7.76. The van der Waals surface area contributed by atoms with Gasteiger partial charge in [0.2, 0.25) is 0 Å². The first-order chi connectivity index (χ1) is 9.59. The highest BCUT2D eigenvalue weighted by atomic mass is 15.2. The van der Waals surface area contributed by atoms with Crippen molar-refractivity contribution in [3.8, 4) is 0 Å². The molecule has 1 aliphatic heterocycles. The van der Waals surface area contributed by atoms with Gasteiger partial charge in [0, 0.05) is 18.1 Å². The van der Waals surface area contributed by atoms with E-state index in [2.05, 4.69) is 25.7 Å². The van der Waals surface area contributed by atoms with Crippen LogP contribution in [0.15, 0.2) is 0 Å². The molecular formula is C18H36N2. The fourth-order valence-electron chi connectivity index (χ4n) is 4.67. The summed E-state index contributed by atoms with van der Waals surface area (Å²) in [5.41, 5.74) is 6.64. The van der Waals surface area contributed by atoms with Crippen LogP contribution in [0.5, 0.6) is 0 Å². The van der Waals surface area contributed by atoms with Gasteiger partial charge in [0.05, 0.1) is 0 Å². The van der Waals surface area contributed by atoms with Crippen molar-refractivity contribution in [1.29, 1.82) is 0 Å². The Bertz CT molecular complexity index is 289. The van der Waals surface area contributed by atoms with Crippen molar-refractivity contribution in [2.24, 2.45) is 17.6 Å². The minimum Gasteiger partial charge on any atom is -0.329 e. The van der Waals surface area contributed by atoms with Gasteiger partial charge in [-0.1, -0.05) is 39.5 Å². The Balaban J connectivity index is 2.11. The van der Waals surface area contributed by atoms with E-state index < -0.39 is 0 Å². The lowest BCUT2D eigenvalue weighted by Crippen LogP contribution is -2.56. The fraction of sp³-hybridized carbons (Fsp3) is 1.00. The van der Waals surface area contributed by atoms with Gasteiger partial charge in [-0.15, -0.1) is 0 Å². The first-order valence-electron chi connectivity index (χ1n) is 9.06. The van der Waals surface area contributed by atoms with Crippen molar-refractivity contribution in [1.82, 2.24) is 4.90 Å². The van der Waals surface area contributed by atoms with E-state index in [0.29, 0.717) is 5.54 Å². The third-order valence-corrected chi connectivity index (χ3v) is 6.18. The molecule has 0 amide bonds. The SMILES string of the molecule is CC(C)C1CCCC(CN)(N2CCCCCC2C)CC1. The van der Waals surface area contributed by atoms with Gasteiger partial charge in [0.25, 0.3) is 0 Å². The highest BCUT2D eigenvalue weighted by Gasteiger charge is 2.40. The monoisotopic (exact) mass is 280 g/mol. The molecule has 1 heterocycles. The Labute approximate surface area is 126 Å². The molecule has 0 bridgehead atoms. The second-order valence-corrected chi connectivity index (χ2v) is 7.76. The minimum absolute atomic E-state index is 0.313. The van der Waals surface area contributed by atoms with Crippen molar-refractivity contribution in [2.75, 3.05) is 13.1 Å². The van der Waals surface area contributed by atoms with Gasteiger partial charge in [-0.3, -0.25) is 4.90 Å². The fourth-order valence-corrected chi connectivity index (χ4v) is 4.67. The van der Waals surface area contributed by atoms with Crippen LogP contribution in [0, 0.1) is 11.8 Å². The Hall–Kier alpha value is -0.0800. The molecule has 0 radical (unpaired) electrons. The van der Waals surface area contributed by atoms with Crippen LogP contribution >= 0.6 is 0 Å². The summed E-state index contributed by atoms with van der Waals surface area (Å²) >= 11 is 0. The quantitative estimate of drug-likeness (QED) is 0.786. The van der Waals surface area contributed by atoms with E-state index in [-0.39, 0.29) is 0 Å². The van der Waals surface area contributed by atoms with Gasteiger partial charge >= 0.3 is 0 Å². The summed E-state index contributed by atoms with van der Waals surface area (Å²) in [5.74, 6) is 1.76. The normalized spacial score (nSPS) is 37.6. The van der Waals surface area contributed by atoms with Crippen LogP contribution in [0.2, 0.25) is 0 Å². The van der Waals surface area contributed by atoms with E-state index in [1.165, 1.54) is 64.3 Å². The number of hydrogen-bond donors (Lipinski definition) is 1. The molecule has 0 aromatic carbocycles. The molecule has 0 aromatic rings. The molecular weight excluding hydrogens is 244 g/mol. The first-order valence-corrected chi connectivity index (χ1v) is 9.06. The molecule has 1 aliphatic carbocycles. The van der Waals surface area contributed by atoms with E-state index >= 15 is 0 Å². The summed E-state index contributed by atoms with van der Waals surface area (Å²) in [7, 11) is 0. The van der Waals surface area contributed by atoms with Gasteiger partial charge in [0.1, 0.15) is 0 Å². The lowest BCUT2D eigenvalue weighted by molar-refractivity contribution is 0.0425. The molecule has 2 nitrogen and oxygen atoms in total. The molecule has 118 valence electrons. The van der Waals surface area contributed by atoms with Crippen molar-refractivity contribution >= 4 is 0 Å². The zero-order chi connectivity index (χ0) is 14.6. The van der Waals surface area contributed by atoms with Crippen LogP contribution in [0.1, 0.15) is 78.6 Å². The van der Waals surface area contributed by atoms with Gasteiger partial charge in [-0.2, -0.15) is 0 Å². The smallest absolute Gasteiger partial charge is 0.0334 e. The van der Waals surface area contributed by atoms with Crippen LogP contribution in [-0.2, 0) is 0 Å². The van der Waals surface area contributed by atoms with Crippen molar-refractivity contribution in [3.05, 3.63) is 0 Å². The lowest BCUT2D eigenvalue weighted by atomic mass is 9.84. The van der Waals surface area contributed by atoms with Crippen LogP contribution in [-0.4, -0.2) is 29.6 Å². The molecule has 0 aromatic heterocycles. The molecule has 2 N–H and O–H groups in total. The first kappa shape index (κ1) is 16.3. The average molecular weight is 280 g/mol. The van der Waals surface area contributed by atoms with Gasteiger partial charge in [0.15, 0.2) is 0 Å². The standard InChI is InChI=1S/C18H36N2/c1-15(2)17-9-7-11-18(14-19,12-10-17)20-13-6-4-5-8-16(20)3/h15-17H,4-14,19H2,1-3H3. The van der Waals surface area contributed by atoms with Gasteiger partial charge in [-0.05, 0) is 57.4 Å². The van der Waals surface area contributed by atoms with Crippen LogP contribution in [0.3, 0.4) is 0 Å². The summed E-state index contributed by atoms with van der Waals surface area (Å²) in [6.45, 7) is 9.38. The molecule has 2 heteroatoms. The maximum Gasteiger partial charge on any atom is 0.0334 e. The Morgan fingerprint density at radius 2 is 1.85 bits per heavy atom. The molecule has 1 saturated carbocycles. The molecule has 3 unspecified atom stereocenters. The number of hydrogen-bond acceptors (Lipinski definition) is 2. The zero-order valence-electron chi connectivity index (χ0n) is 14.0. The van der Waals surface area contributed by atoms with E-state index in [1.807, 2.05) is 0 Å². The third-order valence-electron chi connectivity index (χ3n) is 6.18. The highest BCUT2D eigenvalue weighted by molar-refractivity contribution is 4.97. The number of likely N-dealkylation sites (tertiary alicyclic amines) is 1. The summed E-state index contributed by atoms with van der Waals surface area (Å²) < 4.78 is 0. The second kappa shape index (κ2) is 7.26.